The minimum absolute atomic E-state index is 0.0148. The highest BCUT2D eigenvalue weighted by molar-refractivity contribution is 7.90. The highest BCUT2D eigenvalue weighted by atomic mass is 32.2. The van der Waals surface area contributed by atoms with E-state index in [1.807, 2.05) is 0 Å². The molecule has 8 heteroatoms. The average Bonchev–Trinajstić information content (AvgIpc) is 2.45. The minimum atomic E-state index is -3.78. The molecular weight excluding hydrogens is 222 g/mol. The van der Waals surface area contributed by atoms with Crippen molar-refractivity contribution in [2.24, 2.45) is 7.05 Å². The van der Waals surface area contributed by atoms with E-state index in [0.717, 1.165) is 0 Å². The second kappa shape index (κ2) is 4.41. The summed E-state index contributed by atoms with van der Waals surface area (Å²) in [6.45, 7) is -0.0148. The molecule has 0 saturated heterocycles. The van der Waals surface area contributed by atoms with Gasteiger partial charge in [0.2, 0.25) is 10.0 Å². The summed E-state index contributed by atoms with van der Waals surface area (Å²) in [5, 5.41) is 8.32. The fourth-order valence-corrected chi connectivity index (χ4v) is 1.73. The number of nitrogens with one attached hydrogen (secondary N) is 1. The lowest BCUT2D eigenvalue weighted by Gasteiger charge is -2.04. The van der Waals surface area contributed by atoms with Crippen LogP contribution in [0.2, 0.25) is 0 Å². The maximum atomic E-state index is 11.1. The Morgan fingerprint density at radius 1 is 1.67 bits per heavy atom. The van der Waals surface area contributed by atoms with Gasteiger partial charge in [0.15, 0.2) is 5.75 Å². The van der Waals surface area contributed by atoms with Crippen LogP contribution in [0.25, 0.3) is 0 Å². The highest BCUT2D eigenvalue weighted by Crippen LogP contribution is 1.95. The summed E-state index contributed by atoms with van der Waals surface area (Å²) in [6.07, 6.45) is 3.20. The van der Waals surface area contributed by atoms with Gasteiger partial charge in [-0.1, -0.05) is 0 Å². The van der Waals surface area contributed by atoms with Crippen molar-refractivity contribution in [1.29, 1.82) is 0 Å². The van der Waals surface area contributed by atoms with Crippen molar-refractivity contribution in [3.8, 4) is 0 Å². The molecule has 0 radical (unpaired) electrons. The molecule has 0 aliphatic heterocycles. The molecule has 15 heavy (non-hydrogen) atoms. The number of carboxylic acid groups (broad SMARTS) is 1. The van der Waals surface area contributed by atoms with Crippen molar-refractivity contribution in [2.75, 3.05) is 5.75 Å². The van der Waals surface area contributed by atoms with Gasteiger partial charge in [-0.3, -0.25) is 4.79 Å². The molecule has 0 spiro atoms. The highest BCUT2D eigenvalue weighted by Gasteiger charge is 2.15. The van der Waals surface area contributed by atoms with E-state index >= 15 is 0 Å². The number of imidazole rings is 1. The van der Waals surface area contributed by atoms with Crippen molar-refractivity contribution in [1.82, 2.24) is 14.3 Å². The molecule has 1 aromatic rings. The summed E-state index contributed by atoms with van der Waals surface area (Å²) in [5.41, 5.74) is 0. The van der Waals surface area contributed by atoms with Crippen LogP contribution < -0.4 is 4.72 Å². The zero-order valence-corrected chi connectivity index (χ0v) is 8.86. The van der Waals surface area contributed by atoms with Crippen molar-refractivity contribution in [3.05, 3.63) is 18.2 Å². The zero-order chi connectivity index (χ0) is 11.5. The Kier molecular flexibility index (Phi) is 3.43. The number of carboxylic acids is 1. The van der Waals surface area contributed by atoms with Crippen LogP contribution in [0.3, 0.4) is 0 Å². The quantitative estimate of drug-likeness (QED) is 0.674. The molecule has 2 N–H and O–H groups in total. The molecule has 84 valence electrons. The predicted molar refractivity (Wildman–Crippen MR) is 51.5 cm³/mol. The van der Waals surface area contributed by atoms with Crippen LogP contribution >= 0.6 is 0 Å². The largest absolute Gasteiger partial charge is 0.480 e. The number of hydrogen-bond acceptors (Lipinski definition) is 4. The third kappa shape index (κ3) is 3.68. The standard InChI is InChI=1S/C7H11N3O4S/c1-10-3-2-8-6(10)4-9-15(13,14)5-7(11)12/h2-3,9H,4-5H2,1H3,(H,11,12). The molecule has 1 aromatic heterocycles. The first-order valence-corrected chi connectivity index (χ1v) is 5.71. The fourth-order valence-electron chi connectivity index (χ4n) is 0.955. The summed E-state index contributed by atoms with van der Waals surface area (Å²) in [5.74, 6) is -1.80. The summed E-state index contributed by atoms with van der Waals surface area (Å²) in [7, 11) is -2.06. The van der Waals surface area contributed by atoms with Gasteiger partial charge >= 0.3 is 5.97 Å². The van der Waals surface area contributed by atoms with E-state index in [0.29, 0.717) is 5.82 Å². The molecule has 0 bridgehead atoms. The molecule has 1 rings (SSSR count). The second-order valence-electron chi connectivity index (χ2n) is 2.93. The van der Waals surface area contributed by atoms with E-state index in [1.165, 1.54) is 6.20 Å². The number of aliphatic carboxylic acids is 1. The van der Waals surface area contributed by atoms with E-state index in [1.54, 1.807) is 17.8 Å². The Morgan fingerprint density at radius 2 is 2.33 bits per heavy atom. The maximum Gasteiger partial charge on any atom is 0.320 e. The third-order valence-corrected chi connectivity index (χ3v) is 2.90. The van der Waals surface area contributed by atoms with E-state index < -0.39 is 21.7 Å². The summed E-state index contributed by atoms with van der Waals surface area (Å²) in [4.78, 5) is 14.1. The number of carbonyl (C=O) groups is 1. The Balaban J connectivity index is 2.58. The monoisotopic (exact) mass is 233 g/mol. The van der Waals surface area contributed by atoms with E-state index in [-0.39, 0.29) is 6.54 Å². The molecule has 0 atom stereocenters. The average molecular weight is 233 g/mol. The lowest BCUT2D eigenvalue weighted by Crippen LogP contribution is -2.30. The first-order valence-electron chi connectivity index (χ1n) is 4.06. The number of aryl methyl sites for hydroxylation is 1. The van der Waals surface area contributed by atoms with Gasteiger partial charge in [-0.2, -0.15) is 0 Å². The molecule has 0 fully saturated rings. The number of sulfonamides is 1. The SMILES string of the molecule is Cn1ccnc1CNS(=O)(=O)CC(=O)O. The maximum absolute atomic E-state index is 11.1. The van der Waals surface area contributed by atoms with Gasteiger partial charge in [-0.05, 0) is 0 Å². The molecule has 0 aliphatic carbocycles. The van der Waals surface area contributed by atoms with Gasteiger partial charge < -0.3 is 9.67 Å². The van der Waals surface area contributed by atoms with Gasteiger partial charge in [0.1, 0.15) is 5.82 Å². The van der Waals surface area contributed by atoms with Crippen LogP contribution in [0.1, 0.15) is 5.82 Å². The molecule has 7 nitrogen and oxygen atoms in total. The topological polar surface area (TPSA) is 101 Å². The molecule has 0 amide bonds. The van der Waals surface area contributed by atoms with Gasteiger partial charge in [0, 0.05) is 19.4 Å². The van der Waals surface area contributed by atoms with E-state index in [4.69, 9.17) is 5.11 Å². The zero-order valence-electron chi connectivity index (χ0n) is 8.04. The second-order valence-corrected chi connectivity index (χ2v) is 4.74. The normalized spacial score (nSPS) is 11.5. The van der Waals surface area contributed by atoms with Crippen LogP contribution in [0.5, 0.6) is 0 Å². The summed E-state index contributed by atoms with van der Waals surface area (Å²) in [6, 6.07) is 0. The summed E-state index contributed by atoms with van der Waals surface area (Å²) >= 11 is 0. The van der Waals surface area contributed by atoms with Crippen molar-refractivity contribution in [2.45, 2.75) is 6.54 Å². The summed E-state index contributed by atoms with van der Waals surface area (Å²) < 4.78 is 26.0. The van der Waals surface area contributed by atoms with E-state index in [2.05, 4.69) is 9.71 Å². The lowest BCUT2D eigenvalue weighted by atomic mass is 10.6. The van der Waals surface area contributed by atoms with Crippen LogP contribution in [0.15, 0.2) is 12.4 Å². The molecular formula is C7H11N3O4S. The van der Waals surface area contributed by atoms with Crippen LogP contribution in [0.4, 0.5) is 0 Å². The third-order valence-electron chi connectivity index (χ3n) is 1.68. The molecule has 0 saturated carbocycles. The number of hydrogen-bond donors (Lipinski definition) is 2. The predicted octanol–water partition coefficient (Wildman–Crippen LogP) is -1.08. The van der Waals surface area contributed by atoms with Gasteiger partial charge in [0.05, 0.1) is 6.54 Å². The first kappa shape index (κ1) is 11.7. The Hall–Kier alpha value is -1.41. The number of rotatable bonds is 5. The molecule has 1 heterocycles. The lowest BCUT2D eigenvalue weighted by molar-refractivity contribution is -0.134. The van der Waals surface area contributed by atoms with E-state index in [9.17, 15) is 13.2 Å². The Labute approximate surface area is 86.8 Å². The van der Waals surface area contributed by atoms with Crippen LogP contribution in [0, 0.1) is 0 Å². The van der Waals surface area contributed by atoms with Gasteiger partial charge in [-0.25, -0.2) is 18.1 Å². The number of aromatic nitrogens is 2. The smallest absolute Gasteiger partial charge is 0.320 e. The minimum Gasteiger partial charge on any atom is -0.480 e. The van der Waals surface area contributed by atoms with Crippen LogP contribution in [-0.4, -0.2) is 34.8 Å². The van der Waals surface area contributed by atoms with Crippen molar-refractivity contribution in [3.63, 3.8) is 0 Å². The van der Waals surface area contributed by atoms with Crippen molar-refractivity contribution < 1.29 is 18.3 Å². The number of nitrogens with zero attached hydrogens (tertiary/aromatic N) is 2. The van der Waals surface area contributed by atoms with Crippen LogP contribution in [-0.2, 0) is 28.4 Å². The molecule has 0 aromatic carbocycles. The molecule has 0 unspecified atom stereocenters. The van der Waals surface area contributed by atoms with Gasteiger partial charge in [-0.15, -0.1) is 0 Å². The van der Waals surface area contributed by atoms with Gasteiger partial charge in [0.25, 0.3) is 0 Å². The first-order chi connectivity index (χ1) is 6.91. The Bertz CT molecular complexity index is 451. The Morgan fingerprint density at radius 3 is 2.80 bits per heavy atom. The fraction of sp³-hybridized carbons (Fsp3) is 0.429. The molecule has 0 aliphatic rings. The van der Waals surface area contributed by atoms with Crippen molar-refractivity contribution >= 4 is 16.0 Å².